The van der Waals surface area contributed by atoms with Crippen LogP contribution in [0.3, 0.4) is 0 Å². The van der Waals surface area contributed by atoms with E-state index in [1.807, 2.05) is 0 Å². The lowest BCUT2D eigenvalue weighted by molar-refractivity contribution is -0.444. The van der Waals surface area contributed by atoms with Crippen LogP contribution in [0.2, 0.25) is 0 Å². The van der Waals surface area contributed by atoms with Crippen molar-refractivity contribution in [1.29, 1.82) is 0 Å². The molecule has 0 aliphatic carbocycles. The molecule has 0 saturated carbocycles. The number of carbonyl (C=O) groups excluding carboxylic acids is 1. The van der Waals surface area contributed by atoms with E-state index in [0.29, 0.717) is 7.11 Å². The van der Waals surface area contributed by atoms with Gasteiger partial charge in [-0.05, 0) is 0 Å². The van der Waals surface area contributed by atoms with E-state index >= 15 is 0 Å². The first kappa shape index (κ1) is 13.0. The van der Waals surface area contributed by atoms with Gasteiger partial charge >= 0.3 is 18.4 Å². The summed E-state index contributed by atoms with van der Waals surface area (Å²) in [6.45, 7) is -1.98. The van der Waals surface area contributed by atoms with Gasteiger partial charge in [0.05, 0.1) is 7.11 Å². The first-order chi connectivity index (χ1) is 6.25. The monoisotopic (exact) mass is 224 g/mol. The molecule has 0 heterocycles. The Hall–Kier alpha value is -0.960. The second kappa shape index (κ2) is 4.51. The van der Waals surface area contributed by atoms with Crippen molar-refractivity contribution in [2.75, 3.05) is 14.0 Å². The lowest BCUT2D eigenvalue weighted by atomic mass is 10.6. The number of methoxy groups -OCH3 is 1. The fourth-order valence-corrected chi connectivity index (χ4v) is 0.471. The van der Waals surface area contributed by atoms with Crippen LogP contribution in [0.1, 0.15) is 0 Å². The minimum Gasteiger partial charge on any atom is -0.463 e. The van der Waals surface area contributed by atoms with Crippen LogP contribution in [0, 0.1) is 0 Å². The Morgan fingerprint density at radius 3 is 2.07 bits per heavy atom. The van der Waals surface area contributed by atoms with Gasteiger partial charge in [-0.3, -0.25) is 4.74 Å². The van der Waals surface area contributed by atoms with Crippen LogP contribution in [0.5, 0.6) is 0 Å². The number of alkyl halides is 5. The van der Waals surface area contributed by atoms with Gasteiger partial charge in [-0.2, -0.15) is 4.39 Å². The van der Waals surface area contributed by atoms with E-state index in [1.54, 1.807) is 0 Å². The zero-order valence-electron chi connectivity index (χ0n) is 6.73. The predicted octanol–water partition coefficient (Wildman–Crippen LogP) is 1.26. The van der Waals surface area contributed by atoms with Gasteiger partial charge in [0.1, 0.15) is 0 Å². The average molecular weight is 224 g/mol. The fraction of sp³-hybridized carbons (Fsp3) is 0.800. The highest BCUT2D eigenvalue weighted by Crippen LogP contribution is 2.28. The molecule has 0 rings (SSSR count). The van der Waals surface area contributed by atoms with Gasteiger partial charge < -0.3 is 4.74 Å². The number of hydrogen-bond acceptors (Lipinski definition) is 4. The molecular formula is C5H5F5O4. The number of rotatable bonds is 4. The van der Waals surface area contributed by atoms with Gasteiger partial charge in [0, 0.05) is 0 Å². The normalized spacial score (nSPS) is 16.1. The van der Waals surface area contributed by atoms with Crippen molar-refractivity contribution < 1.29 is 41.0 Å². The highest BCUT2D eigenvalue weighted by Gasteiger charge is 2.52. The lowest BCUT2D eigenvalue weighted by Crippen LogP contribution is -2.44. The first-order valence-electron chi connectivity index (χ1n) is 2.99. The molecule has 0 N–H and O–H groups in total. The third-order valence-corrected chi connectivity index (χ3v) is 0.916. The minimum atomic E-state index is -5.50. The molecule has 84 valence electrons. The van der Waals surface area contributed by atoms with Crippen molar-refractivity contribution in [2.24, 2.45) is 0 Å². The molecule has 0 fully saturated rings. The molecule has 0 aliphatic heterocycles. The zero-order valence-corrected chi connectivity index (χ0v) is 6.73. The molecular weight excluding hydrogens is 219 g/mol. The summed E-state index contributed by atoms with van der Waals surface area (Å²) in [5, 5.41) is 0. The summed E-state index contributed by atoms with van der Waals surface area (Å²) in [5.74, 6) is -2.15. The van der Waals surface area contributed by atoms with Crippen molar-refractivity contribution in [3.8, 4) is 0 Å². The van der Waals surface area contributed by atoms with Gasteiger partial charge in [-0.25, -0.2) is 13.9 Å². The molecule has 4 nitrogen and oxygen atoms in total. The van der Waals surface area contributed by atoms with E-state index in [2.05, 4.69) is 14.2 Å². The molecule has 0 amide bonds. The molecule has 0 aromatic rings. The Kier molecular flexibility index (Phi) is 4.20. The molecule has 0 aromatic carbocycles. The number of esters is 1. The Bertz CT molecular complexity index is 205. The van der Waals surface area contributed by atoms with Crippen molar-refractivity contribution >= 4 is 5.97 Å². The molecule has 0 aromatic heterocycles. The Morgan fingerprint density at radius 2 is 1.79 bits per heavy atom. The summed E-state index contributed by atoms with van der Waals surface area (Å²) < 4.78 is 68.1. The molecule has 0 spiro atoms. The zero-order chi connectivity index (χ0) is 11.4. The summed E-state index contributed by atoms with van der Waals surface area (Å²) in [4.78, 5) is 10.4. The van der Waals surface area contributed by atoms with Crippen LogP contribution in [0.15, 0.2) is 0 Å². The maximum atomic E-state index is 12.8. The number of halogens is 5. The standard InChI is InChI=1S/C5H5F5O4/c1-12-3(11)4(7,13-2-6)14-5(8,9)10/h2H2,1H3. The lowest BCUT2D eigenvalue weighted by Gasteiger charge is -2.21. The van der Waals surface area contributed by atoms with Crippen LogP contribution < -0.4 is 0 Å². The Labute approximate surface area is 74.5 Å². The molecule has 0 aliphatic rings. The van der Waals surface area contributed by atoms with Crippen LogP contribution in [0.25, 0.3) is 0 Å². The second-order valence-corrected chi connectivity index (χ2v) is 1.83. The van der Waals surface area contributed by atoms with Crippen LogP contribution in [0.4, 0.5) is 22.0 Å². The summed E-state index contributed by atoms with van der Waals surface area (Å²) in [5.41, 5.74) is 0. The molecule has 0 bridgehead atoms. The van der Waals surface area contributed by atoms with Crippen molar-refractivity contribution in [3.63, 3.8) is 0 Å². The molecule has 0 saturated heterocycles. The van der Waals surface area contributed by atoms with Crippen LogP contribution in [-0.4, -0.2) is 32.3 Å². The van der Waals surface area contributed by atoms with Gasteiger partial charge in [0.2, 0.25) is 0 Å². The van der Waals surface area contributed by atoms with Crippen molar-refractivity contribution in [1.82, 2.24) is 0 Å². The SMILES string of the molecule is COC(=O)C(F)(OCF)OC(F)(F)F. The second-order valence-electron chi connectivity index (χ2n) is 1.83. The minimum absolute atomic E-state index is 0.581. The maximum absolute atomic E-state index is 12.8. The van der Waals surface area contributed by atoms with Gasteiger partial charge in [-0.1, -0.05) is 0 Å². The third kappa shape index (κ3) is 3.83. The molecule has 1 atom stereocenters. The predicted molar refractivity (Wildman–Crippen MR) is 30.1 cm³/mol. The highest BCUT2D eigenvalue weighted by atomic mass is 19.4. The van der Waals surface area contributed by atoms with E-state index in [0.717, 1.165) is 0 Å². The average Bonchev–Trinajstić information content (AvgIpc) is 2.00. The number of ether oxygens (including phenoxy) is 3. The van der Waals surface area contributed by atoms with Crippen molar-refractivity contribution in [2.45, 2.75) is 12.4 Å². The largest absolute Gasteiger partial charge is 0.527 e. The fourth-order valence-electron chi connectivity index (χ4n) is 0.471. The summed E-state index contributed by atoms with van der Waals surface area (Å²) in [7, 11) is 0.581. The van der Waals surface area contributed by atoms with Gasteiger partial charge in [0.15, 0.2) is 6.86 Å². The number of carbonyl (C=O) groups is 1. The van der Waals surface area contributed by atoms with E-state index < -0.39 is 25.2 Å². The molecule has 0 radical (unpaired) electrons. The van der Waals surface area contributed by atoms with Crippen LogP contribution >= 0.6 is 0 Å². The van der Waals surface area contributed by atoms with E-state index in [9.17, 15) is 26.7 Å². The van der Waals surface area contributed by atoms with Crippen molar-refractivity contribution in [3.05, 3.63) is 0 Å². The Balaban J connectivity index is 4.63. The van der Waals surface area contributed by atoms with E-state index in [4.69, 9.17) is 0 Å². The molecule has 1 unspecified atom stereocenters. The summed E-state index contributed by atoms with van der Waals surface area (Å²) in [6, 6.07) is -4.32. The van der Waals surface area contributed by atoms with Gasteiger partial charge in [0.25, 0.3) is 0 Å². The summed E-state index contributed by atoms with van der Waals surface area (Å²) >= 11 is 0. The maximum Gasteiger partial charge on any atom is 0.527 e. The topological polar surface area (TPSA) is 44.8 Å². The molecule has 9 heteroatoms. The summed E-state index contributed by atoms with van der Waals surface area (Å²) in [6.07, 6.45) is -5.50. The molecule has 14 heavy (non-hydrogen) atoms. The first-order valence-corrected chi connectivity index (χ1v) is 2.99. The van der Waals surface area contributed by atoms with Gasteiger partial charge in [-0.15, -0.1) is 13.2 Å². The third-order valence-electron chi connectivity index (χ3n) is 0.916. The quantitative estimate of drug-likeness (QED) is 0.409. The number of hydrogen-bond donors (Lipinski definition) is 0. The van der Waals surface area contributed by atoms with E-state index in [1.165, 1.54) is 0 Å². The van der Waals surface area contributed by atoms with Crippen LogP contribution in [-0.2, 0) is 19.0 Å². The Morgan fingerprint density at radius 1 is 1.29 bits per heavy atom. The van der Waals surface area contributed by atoms with E-state index in [-0.39, 0.29) is 0 Å². The smallest absolute Gasteiger partial charge is 0.463 e. The highest BCUT2D eigenvalue weighted by molar-refractivity contribution is 5.75.